The van der Waals surface area contributed by atoms with E-state index in [-0.39, 0.29) is 0 Å². The highest BCUT2D eigenvalue weighted by molar-refractivity contribution is 5.50. The molecular weight excluding hydrogens is 290 g/mol. The van der Waals surface area contributed by atoms with Crippen molar-refractivity contribution in [3.63, 3.8) is 0 Å². The molecule has 1 aromatic rings. The predicted octanol–water partition coefficient (Wildman–Crippen LogP) is 4.05. The van der Waals surface area contributed by atoms with Gasteiger partial charge in [0.2, 0.25) is 6.29 Å². The summed E-state index contributed by atoms with van der Waals surface area (Å²) in [6, 6.07) is 0. The molecule has 1 fully saturated rings. The fourth-order valence-electron chi connectivity index (χ4n) is 3.16. The quantitative estimate of drug-likeness (QED) is 0.676. The van der Waals surface area contributed by atoms with Gasteiger partial charge in [-0.3, -0.25) is 0 Å². The molecule has 0 radical (unpaired) electrons. The third-order valence-electron chi connectivity index (χ3n) is 4.54. The minimum atomic E-state index is -0.465. The Labute approximate surface area is 140 Å². The van der Waals surface area contributed by atoms with Gasteiger partial charge < -0.3 is 14.4 Å². The summed E-state index contributed by atoms with van der Waals surface area (Å²) >= 11 is 0. The number of anilines is 1. The Bertz CT molecular complexity index is 469. The highest BCUT2D eigenvalue weighted by Gasteiger charge is 2.24. The maximum absolute atomic E-state index is 5.68. The molecule has 5 nitrogen and oxygen atoms in total. The average Bonchev–Trinajstić information content (AvgIpc) is 2.61. The van der Waals surface area contributed by atoms with Gasteiger partial charge in [0, 0.05) is 32.7 Å². The van der Waals surface area contributed by atoms with Crippen LogP contribution in [0.5, 0.6) is 0 Å². The SMILES string of the molecule is CCOC(OCC)c1ncc(N(C)CC)c(C2CCCCC2)n1. The Balaban J connectivity index is 2.34. The van der Waals surface area contributed by atoms with Gasteiger partial charge in [0.15, 0.2) is 5.82 Å². The summed E-state index contributed by atoms with van der Waals surface area (Å²) in [4.78, 5) is 11.7. The molecule has 0 unspecified atom stereocenters. The molecule has 1 aromatic heterocycles. The molecule has 0 amide bonds. The highest BCUT2D eigenvalue weighted by Crippen LogP contribution is 2.36. The van der Waals surface area contributed by atoms with E-state index in [0.717, 1.165) is 12.2 Å². The molecule has 2 rings (SSSR count). The second kappa shape index (κ2) is 9.18. The van der Waals surface area contributed by atoms with Gasteiger partial charge in [-0.25, -0.2) is 9.97 Å². The molecule has 0 N–H and O–H groups in total. The fraction of sp³-hybridized carbons (Fsp3) is 0.778. The van der Waals surface area contributed by atoms with Crippen LogP contribution in [0.15, 0.2) is 6.20 Å². The molecule has 5 heteroatoms. The van der Waals surface area contributed by atoms with Crippen LogP contribution in [0.25, 0.3) is 0 Å². The minimum absolute atomic E-state index is 0.465. The maximum Gasteiger partial charge on any atom is 0.219 e. The second-order valence-electron chi connectivity index (χ2n) is 6.09. The zero-order valence-corrected chi connectivity index (χ0v) is 15.0. The molecule has 0 atom stereocenters. The van der Waals surface area contributed by atoms with E-state index >= 15 is 0 Å². The highest BCUT2D eigenvalue weighted by atomic mass is 16.7. The largest absolute Gasteiger partial charge is 0.372 e. The summed E-state index contributed by atoms with van der Waals surface area (Å²) in [6.07, 6.45) is 7.84. The van der Waals surface area contributed by atoms with Crippen molar-refractivity contribution in [1.82, 2.24) is 9.97 Å². The van der Waals surface area contributed by atoms with Crippen LogP contribution >= 0.6 is 0 Å². The third kappa shape index (κ3) is 4.64. The van der Waals surface area contributed by atoms with Gasteiger partial charge in [-0.2, -0.15) is 0 Å². The lowest BCUT2D eigenvalue weighted by atomic mass is 9.86. The lowest BCUT2D eigenvalue weighted by Crippen LogP contribution is -2.23. The monoisotopic (exact) mass is 321 g/mol. The van der Waals surface area contributed by atoms with Crippen LogP contribution < -0.4 is 4.90 Å². The Morgan fingerprint density at radius 2 is 1.78 bits per heavy atom. The normalized spacial score (nSPS) is 16.0. The molecule has 130 valence electrons. The third-order valence-corrected chi connectivity index (χ3v) is 4.54. The van der Waals surface area contributed by atoms with E-state index < -0.39 is 6.29 Å². The number of rotatable bonds is 8. The van der Waals surface area contributed by atoms with Gasteiger partial charge in [0.25, 0.3) is 0 Å². The van der Waals surface area contributed by atoms with Crippen molar-refractivity contribution >= 4 is 5.69 Å². The summed E-state index contributed by atoms with van der Waals surface area (Å²) in [5, 5.41) is 0. The van der Waals surface area contributed by atoms with Crippen LogP contribution in [0.2, 0.25) is 0 Å². The first-order valence-corrected chi connectivity index (χ1v) is 9.02. The van der Waals surface area contributed by atoms with E-state index in [0.29, 0.717) is 25.0 Å². The zero-order chi connectivity index (χ0) is 16.7. The molecule has 1 heterocycles. The molecule has 0 aromatic carbocycles. The van der Waals surface area contributed by atoms with Crippen molar-refractivity contribution in [1.29, 1.82) is 0 Å². The number of aromatic nitrogens is 2. The molecule has 1 aliphatic carbocycles. The zero-order valence-electron chi connectivity index (χ0n) is 15.0. The van der Waals surface area contributed by atoms with Crippen molar-refractivity contribution in [3.8, 4) is 0 Å². The smallest absolute Gasteiger partial charge is 0.219 e. The minimum Gasteiger partial charge on any atom is -0.372 e. The lowest BCUT2D eigenvalue weighted by Gasteiger charge is -2.28. The van der Waals surface area contributed by atoms with Gasteiger partial charge >= 0.3 is 0 Å². The van der Waals surface area contributed by atoms with Gasteiger partial charge in [-0.1, -0.05) is 19.3 Å². The van der Waals surface area contributed by atoms with Crippen molar-refractivity contribution in [2.75, 3.05) is 31.7 Å². The van der Waals surface area contributed by atoms with E-state index in [1.165, 1.54) is 37.8 Å². The molecule has 23 heavy (non-hydrogen) atoms. The van der Waals surface area contributed by atoms with Crippen molar-refractivity contribution < 1.29 is 9.47 Å². The van der Waals surface area contributed by atoms with E-state index in [1.807, 2.05) is 20.0 Å². The first kappa shape index (κ1) is 18.1. The summed E-state index contributed by atoms with van der Waals surface area (Å²) in [5.41, 5.74) is 2.32. The van der Waals surface area contributed by atoms with Crippen LogP contribution in [0, 0.1) is 0 Å². The Hall–Kier alpha value is -1.20. The van der Waals surface area contributed by atoms with Gasteiger partial charge in [-0.05, 0) is 33.6 Å². The molecule has 1 saturated carbocycles. The van der Waals surface area contributed by atoms with Crippen LogP contribution in [0.3, 0.4) is 0 Å². The van der Waals surface area contributed by atoms with Crippen molar-refractivity contribution in [2.24, 2.45) is 0 Å². The van der Waals surface area contributed by atoms with Crippen LogP contribution in [-0.2, 0) is 9.47 Å². The topological polar surface area (TPSA) is 47.5 Å². The van der Waals surface area contributed by atoms with Crippen LogP contribution in [0.1, 0.15) is 76.6 Å². The summed E-state index contributed by atoms with van der Waals surface area (Å²) in [5.74, 6) is 1.18. The van der Waals surface area contributed by atoms with E-state index in [4.69, 9.17) is 14.5 Å². The number of nitrogens with zero attached hydrogens (tertiary/aromatic N) is 3. The standard InChI is InChI=1S/C18H31N3O2/c1-5-21(4)15-13-19-17(18(22-6-2)23-7-3)20-16(15)14-11-9-8-10-12-14/h13-14,18H,5-12H2,1-4H3. The van der Waals surface area contributed by atoms with Gasteiger partial charge in [0.05, 0.1) is 17.6 Å². The summed E-state index contributed by atoms with van der Waals surface area (Å²) < 4.78 is 11.4. The predicted molar refractivity (Wildman–Crippen MR) is 92.8 cm³/mol. The Morgan fingerprint density at radius 1 is 1.13 bits per heavy atom. The molecule has 0 aliphatic heterocycles. The van der Waals surface area contributed by atoms with E-state index in [2.05, 4.69) is 23.9 Å². The maximum atomic E-state index is 5.68. The summed E-state index contributed by atoms with van der Waals surface area (Å²) in [7, 11) is 2.10. The summed E-state index contributed by atoms with van der Waals surface area (Å²) in [6.45, 7) is 8.21. The molecular formula is C18H31N3O2. The van der Waals surface area contributed by atoms with Crippen LogP contribution in [0.4, 0.5) is 5.69 Å². The van der Waals surface area contributed by atoms with Gasteiger partial charge in [0.1, 0.15) is 0 Å². The number of ether oxygens (including phenoxy) is 2. The molecule has 0 bridgehead atoms. The number of hydrogen-bond acceptors (Lipinski definition) is 5. The lowest BCUT2D eigenvalue weighted by molar-refractivity contribution is -0.145. The second-order valence-corrected chi connectivity index (χ2v) is 6.09. The Kier molecular flexibility index (Phi) is 7.24. The van der Waals surface area contributed by atoms with Crippen LogP contribution in [-0.4, -0.2) is 36.8 Å². The first-order valence-electron chi connectivity index (χ1n) is 9.02. The first-order chi connectivity index (χ1) is 11.2. The van der Waals surface area contributed by atoms with E-state index in [9.17, 15) is 0 Å². The molecule has 1 aliphatic rings. The molecule has 0 spiro atoms. The van der Waals surface area contributed by atoms with Crippen molar-refractivity contribution in [2.45, 2.75) is 65.1 Å². The van der Waals surface area contributed by atoms with E-state index in [1.54, 1.807) is 0 Å². The molecule has 0 saturated heterocycles. The average molecular weight is 321 g/mol. The number of hydrogen-bond donors (Lipinski definition) is 0. The fourth-order valence-corrected chi connectivity index (χ4v) is 3.16. The van der Waals surface area contributed by atoms with Gasteiger partial charge in [-0.15, -0.1) is 0 Å². The van der Waals surface area contributed by atoms with Crippen molar-refractivity contribution in [3.05, 3.63) is 17.7 Å². The Morgan fingerprint density at radius 3 is 2.35 bits per heavy atom.